The second-order valence-corrected chi connectivity index (χ2v) is 5.31. The predicted octanol–water partition coefficient (Wildman–Crippen LogP) is 2.24. The van der Waals surface area contributed by atoms with Gasteiger partial charge >= 0.3 is 0 Å². The van der Waals surface area contributed by atoms with Gasteiger partial charge < -0.3 is 15.2 Å². The van der Waals surface area contributed by atoms with Gasteiger partial charge in [0, 0.05) is 25.6 Å². The molecule has 1 fully saturated rings. The highest BCUT2D eigenvalue weighted by atomic mass is 35.5. The van der Waals surface area contributed by atoms with Crippen LogP contribution in [0.4, 0.5) is 5.82 Å². The molecule has 19 heavy (non-hydrogen) atoms. The van der Waals surface area contributed by atoms with Crippen LogP contribution in [-0.2, 0) is 11.3 Å². The smallest absolute Gasteiger partial charge is 0.158 e. The van der Waals surface area contributed by atoms with Crippen LogP contribution in [0.5, 0.6) is 0 Å². The van der Waals surface area contributed by atoms with Gasteiger partial charge in [0.15, 0.2) is 5.82 Å². The third kappa shape index (κ3) is 4.30. The van der Waals surface area contributed by atoms with Crippen LogP contribution in [0.15, 0.2) is 6.07 Å². The van der Waals surface area contributed by atoms with Crippen molar-refractivity contribution in [2.45, 2.75) is 38.4 Å². The summed E-state index contributed by atoms with van der Waals surface area (Å²) in [7, 11) is 1.59. The average Bonchev–Trinajstić information content (AvgIpc) is 2.37. The van der Waals surface area contributed by atoms with E-state index in [2.05, 4.69) is 15.3 Å². The van der Waals surface area contributed by atoms with Crippen molar-refractivity contribution in [1.82, 2.24) is 9.97 Å². The molecule has 1 aliphatic carbocycles. The first-order valence-electron chi connectivity index (χ1n) is 6.63. The molecule has 2 unspecified atom stereocenters. The van der Waals surface area contributed by atoms with Gasteiger partial charge in [-0.2, -0.15) is 0 Å². The number of hydrogen-bond donors (Lipinski definition) is 2. The first-order valence-corrected chi connectivity index (χ1v) is 7.01. The van der Waals surface area contributed by atoms with E-state index in [1.165, 1.54) is 6.42 Å². The molecule has 0 amide bonds. The molecular formula is C13H20ClN3O2. The Hall–Kier alpha value is -0.910. The van der Waals surface area contributed by atoms with Gasteiger partial charge in [-0.15, -0.1) is 0 Å². The van der Waals surface area contributed by atoms with Gasteiger partial charge in [-0.3, -0.25) is 0 Å². The Kier molecular flexibility index (Phi) is 5.36. The highest BCUT2D eigenvalue weighted by molar-refractivity contribution is 6.29. The number of rotatable bonds is 5. The minimum Gasteiger partial charge on any atom is -0.393 e. The Labute approximate surface area is 118 Å². The van der Waals surface area contributed by atoms with E-state index in [0.717, 1.165) is 19.3 Å². The van der Waals surface area contributed by atoms with Crippen molar-refractivity contribution >= 4 is 17.4 Å². The van der Waals surface area contributed by atoms with Crippen LogP contribution in [0.1, 0.15) is 31.5 Å². The summed E-state index contributed by atoms with van der Waals surface area (Å²) in [4.78, 5) is 8.39. The van der Waals surface area contributed by atoms with Crippen LogP contribution in [0.25, 0.3) is 0 Å². The molecular weight excluding hydrogens is 266 g/mol. The lowest BCUT2D eigenvalue weighted by Crippen LogP contribution is -2.30. The van der Waals surface area contributed by atoms with E-state index in [-0.39, 0.29) is 12.0 Å². The van der Waals surface area contributed by atoms with Crippen LogP contribution in [0.2, 0.25) is 5.15 Å². The maximum absolute atomic E-state index is 9.92. The van der Waals surface area contributed by atoms with Gasteiger partial charge in [-0.1, -0.05) is 24.4 Å². The molecule has 2 atom stereocenters. The minimum atomic E-state index is -0.211. The van der Waals surface area contributed by atoms with Crippen LogP contribution in [0, 0.1) is 5.92 Å². The molecule has 0 radical (unpaired) electrons. The third-order valence-electron chi connectivity index (χ3n) is 3.43. The van der Waals surface area contributed by atoms with Crippen LogP contribution < -0.4 is 5.32 Å². The first kappa shape index (κ1) is 14.5. The van der Waals surface area contributed by atoms with Crippen molar-refractivity contribution in [2.75, 3.05) is 19.0 Å². The van der Waals surface area contributed by atoms with Gasteiger partial charge in [0.1, 0.15) is 17.6 Å². The van der Waals surface area contributed by atoms with Crippen molar-refractivity contribution in [2.24, 2.45) is 5.92 Å². The molecule has 0 spiro atoms. The Balaban J connectivity index is 1.94. The van der Waals surface area contributed by atoms with Crippen molar-refractivity contribution < 1.29 is 9.84 Å². The SMILES string of the molecule is COCc1nc(Cl)cc(NCC2CCCCC2O)n1. The number of aromatic nitrogens is 2. The number of nitrogens with one attached hydrogen (secondary N) is 1. The molecule has 0 aromatic carbocycles. The first-order chi connectivity index (χ1) is 9.19. The Morgan fingerprint density at radius 1 is 1.42 bits per heavy atom. The molecule has 1 saturated carbocycles. The summed E-state index contributed by atoms with van der Waals surface area (Å²) in [5.74, 6) is 1.53. The number of anilines is 1. The Bertz CT molecular complexity index is 417. The number of halogens is 1. The van der Waals surface area contributed by atoms with Crippen LogP contribution in [-0.4, -0.2) is 34.8 Å². The third-order valence-corrected chi connectivity index (χ3v) is 3.62. The second kappa shape index (κ2) is 7.03. The zero-order chi connectivity index (χ0) is 13.7. The van der Waals surface area contributed by atoms with Crippen molar-refractivity contribution in [3.05, 3.63) is 17.0 Å². The summed E-state index contributed by atoms with van der Waals surface area (Å²) in [6, 6.07) is 1.69. The maximum Gasteiger partial charge on any atom is 0.158 e. The van der Waals surface area contributed by atoms with E-state index in [1.54, 1.807) is 13.2 Å². The lowest BCUT2D eigenvalue weighted by molar-refractivity contribution is 0.0763. The molecule has 6 heteroatoms. The van der Waals surface area contributed by atoms with E-state index in [9.17, 15) is 5.11 Å². The number of hydrogen-bond acceptors (Lipinski definition) is 5. The maximum atomic E-state index is 9.92. The molecule has 1 aromatic heterocycles. The summed E-state index contributed by atoms with van der Waals surface area (Å²) < 4.78 is 5.00. The fourth-order valence-corrected chi connectivity index (χ4v) is 2.61. The van der Waals surface area contributed by atoms with Crippen LogP contribution in [0.3, 0.4) is 0 Å². The van der Waals surface area contributed by atoms with Gasteiger partial charge in [0.2, 0.25) is 0 Å². The monoisotopic (exact) mass is 285 g/mol. The molecule has 1 heterocycles. The second-order valence-electron chi connectivity index (χ2n) is 4.92. The van der Waals surface area contributed by atoms with Gasteiger partial charge in [0.25, 0.3) is 0 Å². The van der Waals surface area contributed by atoms with Gasteiger partial charge in [0.05, 0.1) is 6.10 Å². The number of aliphatic hydroxyl groups excluding tert-OH is 1. The molecule has 0 aliphatic heterocycles. The largest absolute Gasteiger partial charge is 0.393 e. The summed E-state index contributed by atoms with van der Waals surface area (Å²) in [5.41, 5.74) is 0. The normalized spacial score (nSPS) is 23.3. The fourth-order valence-electron chi connectivity index (χ4n) is 2.41. The molecule has 5 nitrogen and oxygen atoms in total. The molecule has 1 aromatic rings. The molecule has 0 bridgehead atoms. The zero-order valence-corrected chi connectivity index (χ0v) is 11.9. The van der Waals surface area contributed by atoms with Crippen LogP contribution >= 0.6 is 11.6 Å². The topological polar surface area (TPSA) is 67.3 Å². The van der Waals surface area contributed by atoms with Gasteiger partial charge in [-0.25, -0.2) is 9.97 Å². The van der Waals surface area contributed by atoms with Crippen molar-refractivity contribution in [3.63, 3.8) is 0 Å². The number of nitrogens with zero attached hydrogens (tertiary/aromatic N) is 2. The fraction of sp³-hybridized carbons (Fsp3) is 0.692. The van der Waals surface area contributed by atoms with E-state index in [1.807, 2.05) is 0 Å². The number of ether oxygens (including phenoxy) is 1. The van der Waals surface area contributed by atoms with Gasteiger partial charge in [-0.05, 0) is 12.8 Å². The Morgan fingerprint density at radius 2 is 2.21 bits per heavy atom. The lowest BCUT2D eigenvalue weighted by Gasteiger charge is -2.27. The average molecular weight is 286 g/mol. The standard InChI is InChI=1S/C13H20ClN3O2/c1-19-8-13-16-11(14)6-12(17-13)15-7-9-4-2-3-5-10(9)18/h6,9-10,18H,2-5,7-8H2,1H3,(H,15,16,17). The highest BCUT2D eigenvalue weighted by Gasteiger charge is 2.22. The summed E-state index contributed by atoms with van der Waals surface area (Å²) >= 11 is 5.94. The molecule has 1 aliphatic rings. The number of methoxy groups -OCH3 is 1. The zero-order valence-electron chi connectivity index (χ0n) is 11.1. The van der Waals surface area contributed by atoms with E-state index in [4.69, 9.17) is 16.3 Å². The molecule has 106 valence electrons. The van der Waals surface area contributed by atoms with E-state index >= 15 is 0 Å². The minimum absolute atomic E-state index is 0.211. The van der Waals surface area contributed by atoms with Crippen molar-refractivity contribution in [1.29, 1.82) is 0 Å². The van der Waals surface area contributed by atoms with E-state index < -0.39 is 0 Å². The summed E-state index contributed by atoms with van der Waals surface area (Å²) in [6.07, 6.45) is 4.04. The van der Waals surface area contributed by atoms with Crippen molar-refractivity contribution in [3.8, 4) is 0 Å². The Morgan fingerprint density at radius 3 is 2.95 bits per heavy atom. The molecule has 0 saturated heterocycles. The molecule has 2 N–H and O–H groups in total. The predicted molar refractivity (Wildman–Crippen MR) is 74.2 cm³/mol. The molecule has 2 rings (SSSR count). The lowest BCUT2D eigenvalue weighted by atomic mass is 9.86. The van der Waals surface area contributed by atoms with E-state index in [0.29, 0.717) is 29.9 Å². The summed E-state index contributed by atoms with van der Waals surface area (Å²) in [5, 5.41) is 13.6. The summed E-state index contributed by atoms with van der Waals surface area (Å²) in [6.45, 7) is 1.04. The highest BCUT2D eigenvalue weighted by Crippen LogP contribution is 2.24. The quantitative estimate of drug-likeness (QED) is 0.812. The number of aliphatic hydroxyl groups is 1.